The van der Waals surface area contributed by atoms with Crippen molar-refractivity contribution in [1.29, 1.82) is 0 Å². The Labute approximate surface area is 101 Å². The minimum atomic E-state index is 0.488. The number of nitrogens with zero attached hydrogens (tertiary/aromatic N) is 2. The highest BCUT2D eigenvalue weighted by Crippen LogP contribution is 2.32. The van der Waals surface area contributed by atoms with Crippen molar-refractivity contribution in [3.8, 4) is 17.0 Å². The van der Waals surface area contributed by atoms with Crippen LogP contribution in [0.5, 0.6) is 5.75 Å². The van der Waals surface area contributed by atoms with Crippen LogP contribution in [0.15, 0.2) is 30.3 Å². The number of fused-ring (bicyclic) bond motifs is 4. The first-order chi connectivity index (χ1) is 8.25. The van der Waals surface area contributed by atoms with Crippen molar-refractivity contribution in [3.05, 3.63) is 36.0 Å². The molecule has 0 amide bonds. The van der Waals surface area contributed by atoms with E-state index < -0.39 is 0 Å². The van der Waals surface area contributed by atoms with Gasteiger partial charge in [0.25, 0.3) is 0 Å². The predicted molar refractivity (Wildman–Crippen MR) is 67.2 cm³/mol. The standard InChI is InChI=1S/C14H16N2O/c1-10(2)13-9-12-11-5-3-4-6-14(11)17-8-7-16(13)15-12/h3-6,9-10H,7-8H2,1-2H3. The molecule has 2 heterocycles. The SMILES string of the molecule is CC(C)c1cc2nn1CCOc1ccccc1-2. The zero-order chi connectivity index (χ0) is 11.8. The number of rotatable bonds is 1. The molecule has 0 N–H and O–H groups in total. The van der Waals surface area contributed by atoms with Crippen molar-refractivity contribution in [2.75, 3.05) is 6.61 Å². The number of ether oxygens (including phenoxy) is 1. The summed E-state index contributed by atoms with van der Waals surface area (Å²) < 4.78 is 7.85. The van der Waals surface area contributed by atoms with Gasteiger partial charge in [0.15, 0.2) is 0 Å². The highest BCUT2D eigenvalue weighted by atomic mass is 16.5. The van der Waals surface area contributed by atoms with E-state index in [1.165, 1.54) is 5.69 Å². The van der Waals surface area contributed by atoms with E-state index in [4.69, 9.17) is 4.74 Å². The van der Waals surface area contributed by atoms with E-state index in [-0.39, 0.29) is 0 Å². The summed E-state index contributed by atoms with van der Waals surface area (Å²) >= 11 is 0. The van der Waals surface area contributed by atoms with E-state index in [1.807, 2.05) is 18.2 Å². The fraction of sp³-hybridized carbons (Fsp3) is 0.357. The van der Waals surface area contributed by atoms with Gasteiger partial charge in [-0.2, -0.15) is 5.10 Å². The lowest BCUT2D eigenvalue weighted by molar-refractivity contribution is 0.286. The first kappa shape index (κ1) is 10.4. The van der Waals surface area contributed by atoms with E-state index >= 15 is 0 Å². The van der Waals surface area contributed by atoms with Gasteiger partial charge in [0.1, 0.15) is 12.4 Å². The van der Waals surface area contributed by atoms with Crippen LogP contribution in [-0.4, -0.2) is 16.4 Å². The van der Waals surface area contributed by atoms with E-state index in [9.17, 15) is 0 Å². The first-order valence-electron chi connectivity index (χ1n) is 6.05. The molecule has 3 nitrogen and oxygen atoms in total. The quantitative estimate of drug-likeness (QED) is 0.750. The molecule has 0 radical (unpaired) electrons. The van der Waals surface area contributed by atoms with Gasteiger partial charge in [-0.05, 0) is 24.1 Å². The second-order valence-electron chi connectivity index (χ2n) is 4.68. The van der Waals surface area contributed by atoms with E-state index in [0.29, 0.717) is 12.5 Å². The smallest absolute Gasteiger partial charge is 0.128 e. The second-order valence-corrected chi connectivity index (χ2v) is 4.68. The maximum atomic E-state index is 5.78. The van der Waals surface area contributed by atoms with E-state index in [0.717, 1.165) is 23.6 Å². The molecular formula is C14H16N2O. The predicted octanol–water partition coefficient (Wildman–Crippen LogP) is 3.07. The molecule has 2 bridgehead atoms. The normalized spacial score (nSPS) is 13.8. The summed E-state index contributed by atoms with van der Waals surface area (Å²) in [6, 6.07) is 10.3. The number of para-hydroxylation sites is 1. The molecule has 0 fully saturated rings. The van der Waals surface area contributed by atoms with E-state index in [1.54, 1.807) is 0 Å². The lowest BCUT2D eigenvalue weighted by Crippen LogP contribution is -2.14. The summed E-state index contributed by atoms with van der Waals surface area (Å²) in [5, 5.41) is 4.67. The molecule has 0 saturated heterocycles. The van der Waals surface area contributed by atoms with Crippen molar-refractivity contribution in [2.45, 2.75) is 26.3 Å². The number of benzene rings is 1. The average molecular weight is 228 g/mol. The van der Waals surface area contributed by atoms with Crippen molar-refractivity contribution >= 4 is 0 Å². The lowest BCUT2D eigenvalue weighted by atomic mass is 10.1. The Hall–Kier alpha value is -1.77. The molecule has 0 atom stereocenters. The highest BCUT2D eigenvalue weighted by Gasteiger charge is 2.17. The van der Waals surface area contributed by atoms with Crippen LogP contribution in [0, 0.1) is 0 Å². The molecule has 3 heteroatoms. The summed E-state index contributed by atoms with van der Waals surface area (Å²) in [6.45, 7) is 5.89. The maximum Gasteiger partial charge on any atom is 0.128 e. The summed E-state index contributed by atoms with van der Waals surface area (Å²) in [5.74, 6) is 1.42. The van der Waals surface area contributed by atoms with Crippen LogP contribution in [-0.2, 0) is 6.54 Å². The molecule has 88 valence electrons. The summed E-state index contributed by atoms with van der Waals surface area (Å²) in [7, 11) is 0. The number of hydrogen-bond donors (Lipinski definition) is 0. The molecule has 0 spiro atoms. The molecule has 1 aromatic heterocycles. The number of aromatic nitrogens is 2. The molecule has 2 aromatic rings. The van der Waals surface area contributed by atoms with E-state index in [2.05, 4.69) is 35.8 Å². The summed E-state index contributed by atoms with van der Waals surface area (Å²) in [5.41, 5.74) is 3.39. The zero-order valence-electron chi connectivity index (χ0n) is 10.2. The minimum Gasteiger partial charge on any atom is -0.491 e. The first-order valence-corrected chi connectivity index (χ1v) is 6.05. The Morgan fingerprint density at radius 1 is 1.29 bits per heavy atom. The molecule has 1 aliphatic heterocycles. The Bertz CT molecular complexity index is 543. The molecule has 3 rings (SSSR count). The molecule has 0 aliphatic carbocycles. The van der Waals surface area contributed by atoms with Gasteiger partial charge in [0.2, 0.25) is 0 Å². The van der Waals surface area contributed by atoms with Gasteiger partial charge in [-0.3, -0.25) is 4.68 Å². The minimum absolute atomic E-state index is 0.488. The second kappa shape index (κ2) is 3.91. The third-order valence-corrected chi connectivity index (χ3v) is 3.13. The van der Waals surface area contributed by atoms with Crippen molar-refractivity contribution < 1.29 is 4.74 Å². The van der Waals surface area contributed by atoms with Crippen LogP contribution < -0.4 is 4.74 Å². The van der Waals surface area contributed by atoms with Gasteiger partial charge < -0.3 is 4.74 Å². The van der Waals surface area contributed by atoms with Gasteiger partial charge in [-0.1, -0.05) is 26.0 Å². The lowest BCUT2D eigenvalue weighted by Gasteiger charge is -2.14. The van der Waals surface area contributed by atoms with Gasteiger partial charge in [-0.25, -0.2) is 0 Å². The Morgan fingerprint density at radius 2 is 2.12 bits per heavy atom. The summed E-state index contributed by atoms with van der Waals surface area (Å²) in [6.07, 6.45) is 0. The highest BCUT2D eigenvalue weighted by molar-refractivity contribution is 5.67. The molecule has 1 aromatic carbocycles. The molecule has 0 unspecified atom stereocenters. The van der Waals surface area contributed by atoms with Gasteiger partial charge in [0.05, 0.1) is 12.2 Å². The number of hydrogen-bond acceptors (Lipinski definition) is 2. The monoisotopic (exact) mass is 228 g/mol. The van der Waals surface area contributed by atoms with Gasteiger partial charge in [0, 0.05) is 11.3 Å². The largest absolute Gasteiger partial charge is 0.491 e. The van der Waals surface area contributed by atoms with Crippen molar-refractivity contribution in [1.82, 2.24) is 9.78 Å². The summed E-state index contributed by atoms with van der Waals surface area (Å²) in [4.78, 5) is 0. The van der Waals surface area contributed by atoms with Gasteiger partial charge in [-0.15, -0.1) is 0 Å². The Morgan fingerprint density at radius 3 is 2.94 bits per heavy atom. The zero-order valence-corrected chi connectivity index (χ0v) is 10.2. The molecule has 0 saturated carbocycles. The Kier molecular flexibility index (Phi) is 2.39. The molecule has 1 aliphatic rings. The van der Waals surface area contributed by atoms with Crippen molar-refractivity contribution in [3.63, 3.8) is 0 Å². The van der Waals surface area contributed by atoms with Crippen LogP contribution in [0.25, 0.3) is 11.3 Å². The third kappa shape index (κ3) is 1.71. The topological polar surface area (TPSA) is 27.1 Å². The average Bonchev–Trinajstić information content (AvgIpc) is 2.73. The maximum absolute atomic E-state index is 5.78. The van der Waals surface area contributed by atoms with Crippen LogP contribution in [0.4, 0.5) is 0 Å². The third-order valence-electron chi connectivity index (χ3n) is 3.13. The van der Waals surface area contributed by atoms with Crippen LogP contribution in [0.3, 0.4) is 0 Å². The van der Waals surface area contributed by atoms with Crippen LogP contribution >= 0.6 is 0 Å². The van der Waals surface area contributed by atoms with Crippen molar-refractivity contribution in [2.24, 2.45) is 0 Å². The fourth-order valence-electron chi connectivity index (χ4n) is 2.25. The van der Waals surface area contributed by atoms with Crippen LogP contribution in [0.1, 0.15) is 25.5 Å². The van der Waals surface area contributed by atoms with Crippen LogP contribution in [0.2, 0.25) is 0 Å². The van der Waals surface area contributed by atoms with Gasteiger partial charge >= 0.3 is 0 Å². The fourth-order valence-corrected chi connectivity index (χ4v) is 2.25. The Balaban J connectivity index is 2.18. The molecular weight excluding hydrogens is 212 g/mol. The molecule has 17 heavy (non-hydrogen) atoms.